The van der Waals surface area contributed by atoms with Crippen molar-refractivity contribution in [2.45, 2.75) is 115 Å². The molecule has 0 saturated heterocycles. The molecule has 0 aromatic heterocycles. The minimum atomic E-state index is -1.88. The highest BCUT2D eigenvalue weighted by Gasteiger charge is 2.35. The Morgan fingerprint density at radius 3 is 1.44 bits per heavy atom. The maximum absolute atomic E-state index is 13.6. The summed E-state index contributed by atoms with van der Waals surface area (Å²) in [5.41, 5.74) is 1.06. The first-order chi connectivity index (χ1) is 29.5. The summed E-state index contributed by atoms with van der Waals surface area (Å²) < 4.78 is 0. The number of benzene rings is 2. The molecule has 2 aromatic carbocycles. The molecule has 63 heavy (non-hydrogen) atoms. The van der Waals surface area contributed by atoms with Gasteiger partial charge in [-0.1, -0.05) is 56.3 Å². The van der Waals surface area contributed by atoms with Crippen LogP contribution >= 0.6 is 0 Å². The predicted molar refractivity (Wildman–Crippen MR) is 220 cm³/mol. The number of aliphatic hydroxyl groups excluding tert-OH is 1. The van der Waals surface area contributed by atoms with Gasteiger partial charge in [0.2, 0.25) is 41.4 Å². The second-order valence-corrected chi connectivity index (χ2v) is 15.2. The monoisotopic (exact) mass is 885 g/mol. The lowest BCUT2D eigenvalue weighted by Gasteiger charge is -2.28. The quantitative estimate of drug-likeness (QED) is 0.0517. The number of aliphatic carboxylic acids is 3. The fraction of sp³-hybridized carbons (Fsp3) is 0.463. The SMILES string of the molecule is CC(=O)N[C@@H](Cc1ccccc1)C(=O)N[C@H](C(=O)N[C@@H](CC(C)C)C(=O)N[C@@H](CC(=O)O)C(=O)N[C@@H](C)C(=O)N[C@@H](CC(=O)O)C(=O)N[C@@H](Cc1ccc(O)cc1)C(=O)O)[C@H](C)O. The molecule has 0 aliphatic rings. The standard InChI is InChI=1S/C41H55N7O15/c1-20(2)15-27(46-40(61)34(22(4)49)48-39(60)28(43-23(5)50)16-24-9-7-6-8-10-24)37(58)45-29(18-32(52)53)36(57)42-21(3)35(56)44-30(19-33(54)55)38(59)47-31(41(62)63)17-25-11-13-26(51)14-12-25/h6-14,20-22,27-31,34,49,51H,15-19H2,1-5H3,(H,42,57)(H,43,50)(H,44,56)(H,45,58)(H,46,61)(H,47,59)(H,48,60)(H,52,53)(H,54,55)(H,62,63)/t21-,22-,27-,28-,29-,30-,31-,34-/m0/s1. The Balaban J connectivity index is 2.21. The molecule has 8 atom stereocenters. The Kier molecular flexibility index (Phi) is 20.6. The smallest absolute Gasteiger partial charge is 0.326 e. The van der Waals surface area contributed by atoms with E-state index in [2.05, 4.69) is 37.2 Å². The number of carboxylic acids is 3. The molecule has 0 bridgehead atoms. The summed E-state index contributed by atoms with van der Waals surface area (Å²) >= 11 is 0. The summed E-state index contributed by atoms with van der Waals surface area (Å²) in [6.45, 7) is 6.84. The number of carbonyl (C=O) groups is 10. The molecule has 0 spiro atoms. The topological polar surface area (TPSA) is 356 Å². The predicted octanol–water partition coefficient (Wildman–Crippen LogP) is -1.93. The molecule has 2 rings (SSSR count). The maximum atomic E-state index is 13.6. The fourth-order valence-corrected chi connectivity index (χ4v) is 5.98. The van der Waals surface area contributed by atoms with E-state index >= 15 is 0 Å². The van der Waals surface area contributed by atoms with Gasteiger partial charge in [0, 0.05) is 19.8 Å². The number of hydrogen-bond acceptors (Lipinski definition) is 12. The van der Waals surface area contributed by atoms with Gasteiger partial charge in [-0.25, -0.2) is 4.79 Å². The first-order valence-electron chi connectivity index (χ1n) is 19.7. The van der Waals surface area contributed by atoms with E-state index in [0.717, 1.165) is 6.92 Å². The number of hydrogen-bond donors (Lipinski definition) is 12. The molecule has 22 heteroatoms. The number of phenols is 1. The summed E-state index contributed by atoms with van der Waals surface area (Å²) in [5, 5.41) is 64.7. The number of phenolic OH excluding ortho intramolecular Hbond substituents is 1. The van der Waals surface area contributed by atoms with Gasteiger partial charge in [-0.3, -0.25) is 43.2 Å². The Morgan fingerprint density at radius 2 is 0.952 bits per heavy atom. The Morgan fingerprint density at radius 1 is 0.508 bits per heavy atom. The van der Waals surface area contributed by atoms with Gasteiger partial charge >= 0.3 is 17.9 Å². The Labute approximate surface area is 362 Å². The molecular weight excluding hydrogens is 830 g/mol. The van der Waals surface area contributed by atoms with Crippen molar-refractivity contribution in [3.63, 3.8) is 0 Å². The molecule has 0 unspecified atom stereocenters. The second kappa shape index (κ2) is 25.0. The van der Waals surface area contributed by atoms with Crippen LogP contribution in [0, 0.1) is 5.92 Å². The molecule has 0 fully saturated rings. The molecule has 12 N–H and O–H groups in total. The van der Waals surface area contributed by atoms with E-state index in [1.165, 1.54) is 38.1 Å². The van der Waals surface area contributed by atoms with Crippen LogP contribution in [0.5, 0.6) is 5.75 Å². The van der Waals surface area contributed by atoms with Crippen LogP contribution in [0.2, 0.25) is 0 Å². The van der Waals surface area contributed by atoms with Crippen molar-refractivity contribution in [2.24, 2.45) is 5.92 Å². The van der Waals surface area contributed by atoms with Gasteiger partial charge in [-0.15, -0.1) is 0 Å². The van der Waals surface area contributed by atoms with E-state index in [9.17, 15) is 73.5 Å². The van der Waals surface area contributed by atoms with Crippen LogP contribution in [-0.2, 0) is 60.8 Å². The number of rotatable bonds is 25. The minimum Gasteiger partial charge on any atom is -0.508 e. The third-order valence-electron chi connectivity index (χ3n) is 9.15. The Hall–Kier alpha value is -7.10. The van der Waals surface area contributed by atoms with E-state index in [0.29, 0.717) is 11.1 Å². The lowest BCUT2D eigenvalue weighted by Crippen LogP contribution is -2.61. The molecule has 344 valence electrons. The average Bonchev–Trinajstić information content (AvgIpc) is 3.18. The van der Waals surface area contributed by atoms with Crippen LogP contribution in [0.3, 0.4) is 0 Å². The van der Waals surface area contributed by atoms with Crippen LogP contribution < -0.4 is 37.2 Å². The molecule has 7 amide bonds. The number of aliphatic hydroxyl groups is 1. The van der Waals surface area contributed by atoms with Crippen LogP contribution in [0.25, 0.3) is 0 Å². The number of amides is 7. The summed E-state index contributed by atoms with van der Waals surface area (Å²) in [6.07, 6.45) is -3.93. The van der Waals surface area contributed by atoms with Gasteiger partial charge in [0.15, 0.2) is 0 Å². The van der Waals surface area contributed by atoms with Gasteiger partial charge in [-0.05, 0) is 49.4 Å². The van der Waals surface area contributed by atoms with Crippen molar-refractivity contribution >= 4 is 59.3 Å². The van der Waals surface area contributed by atoms with Crippen LogP contribution in [0.4, 0.5) is 0 Å². The summed E-state index contributed by atoms with van der Waals surface area (Å²) in [7, 11) is 0. The van der Waals surface area contributed by atoms with Crippen molar-refractivity contribution in [3.8, 4) is 5.75 Å². The zero-order chi connectivity index (χ0) is 47.6. The largest absolute Gasteiger partial charge is 0.508 e. The highest BCUT2D eigenvalue weighted by Crippen LogP contribution is 2.13. The Bertz CT molecular complexity index is 1960. The van der Waals surface area contributed by atoms with Crippen molar-refractivity contribution in [2.75, 3.05) is 0 Å². The molecule has 2 aromatic rings. The third-order valence-corrected chi connectivity index (χ3v) is 9.15. The molecule has 0 aliphatic heterocycles. The molecule has 22 nitrogen and oxygen atoms in total. The average molecular weight is 886 g/mol. The number of nitrogens with one attached hydrogen (secondary N) is 7. The summed E-state index contributed by atoms with van der Waals surface area (Å²) in [6, 6.07) is 2.74. The third kappa shape index (κ3) is 18.6. The number of carbonyl (C=O) groups excluding carboxylic acids is 7. The number of aromatic hydroxyl groups is 1. The van der Waals surface area contributed by atoms with E-state index in [1.807, 2.05) is 0 Å². The van der Waals surface area contributed by atoms with Crippen LogP contribution in [0.15, 0.2) is 54.6 Å². The number of carboxylic acid groups (broad SMARTS) is 3. The summed E-state index contributed by atoms with van der Waals surface area (Å²) in [5.74, 6) is -12.1. The van der Waals surface area contributed by atoms with Gasteiger partial charge in [0.1, 0.15) is 48.0 Å². The summed E-state index contributed by atoms with van der Waals surface area (Å²) in [4.78, 5) is 127. The van der Waals surface area contributed by atoms with Crippen molar-refractivity contribution in [1.29, 1.82) is 0 Å². The van der Waals surface area contributed by atoms with E-state index in [1.54, 1.807) is 44.2 Å². The van der Waals surface area contributed by atoms with Crippen LogP contribution in [0.1, 0.15) is 65.0 Å². The lowest BCUT2D eigenvalue weighted by atomic mass is 10.0. The van der Waals surface area contributed by atoms with Gasteiger partial charge < -0.3 is 62.8 Å². The normalized spacial score (nSPS) is 14.7. The van der Waals surface area contributed by atoms with E-state index in [4.69, 9.17) is 0 Å². The van der Waals surface area contributed by atoms with Gasteiger partial charge in [0.05, 0.1) is 18.9 Å². The van der Waals surface area contributed by atoms with Crippen molar-refractivity contribution in [3.05, 3.63) is 65.7 Å². The van der Waals surface area contributed by atoms with Gasteiger partial charge in [0.25, 0.3) is 0 Å². The highest BCUT2D eigenvalue weighted by molar-refractivity contribution is 5.98. The van der Waals surface area contributed by atoms with Crippen molar-refractivity contribution in [1.82, 2.24) is 37.2 Å². The zero-order valence-electron chi connectivity index (χ0n) is 35.2. The second-order valence-electron chi connectivity index (χ2n) is 15.2. The van der Waals surface area contributed by atoms with E-state index < -0.39 is 120 Å². The first-order valence-corrected chi connectivity index (χ1v) is 19.7. The highest BCUT2D eigenvalue weighted by atomic mass is 16.4. The molecular formula is C41H55N7O15. The first kappa shape index (κ1) is 52.0. The molecule has 0 saturated carbocycles. The maximum Gasteiger partial charge on any atom is 0.326 e. The van der Waals surface area contributed by atoms with Crippen LogP contribution in [-0.4, -0.2) is 133 Å². The zero-order valence-corrected chi connectivity index (χ0v) is 35.2. The van der Waals surface area contributed by atoms with Gasteiger partial charge in [-0.2, -0.15) is 0 Å². The lowest BCUT2D eigenvalue weighted by molar-refractivity contribution is -0.143. The molecule has 0 aliphatic carbocycles. The molecule has 0 heterocycles. The minimum absolute atomic E-state index is 0.0283. The van der Waals surface area contributed by atoms with E-state index in [-0.39, 0.29) is 30.9 Å². The fourth-order valence-electron chi connectivity index (χ4n) is 5.98. The van der Waals surface area contributed by atoms with Crippen molar-refractivity contribution < 1.29 is 73.5 Å². The molecule has 0 radical (unpaired) electrons.